The summed E-state index contributed by atoms with van der Waals surface area (Å²) in [4.78, 5) is 2.54. The second kappa shape index (κ2) is 4.72. The maximum Gasteiger partial charge on any atom is 0.0535 e. The van der Waals surface area contributed by atoms with Gasteiger partial charge in [0.05, 0.1) is 6.20 Å². The third-order valence-corrected chi connectivity index (χ3v) is 3.50. The highest BCUT2D eigenvalue weighted by Gasteiger charge is 2.26. The van der Waals surface area contributed by atoms with E-state index in [1.807, 2.05) is 12.4 Å². The normalized spacial score (nSPS) is 20.8. The Bertz CT molecular complexity index is 450. The second-order valence-corrected chi connectivity index (χ2v) is 4.65. The van der Waals surface area contributed by atoms with Gasteiger partial charge in [0.15, 0.2) is 0 Å². The zero-order valence-corrected chi connectivity index (χ0v) is 9.84. The summed E-state index contributed by atoms with van der Waals surface area (Å²) in [5, 5.41) is 6.97. The summed E-state index contributed by atoms with van der Waals surface area (Å²) < 4.78 is 0. The Hall–Kier alpha value is -1.61. The summed E-state index contributed by atoms with van der Waals surface area (Å²) in [5.41, 5.74) is 2.71. The molecule has 0 spiro atoms. The molecule has 1 fully saturated rings. The number of nitrogens with zero attached hydrogens (tertiary/aromatic N) is 2. The van der Waals surface area contributed by atoms with E-state index in [9.17, 15) is 0 Å². The van der Waals surface area contributed by atoms with E-state index in [1.165, 1.54) is 30.5 Å². The van der Waals surface area contributed by atoms with Crippen molar-refractivity contribution in [1.29, 1.82) is 0 Å². The molecular weight excluding hydrogens is 210 g/mol. The Morgan fingerprint density at radius 1 is 1.29 bits per heavy atom. The lowest BCUT2D eigenvalue weighted by atomic mass is 10.1. The van der Waals surface area contributed by atoms with Crippen molar-refractivity contribution in [2.75, 3.05) is 6.54 Å². The Morgan fingerprint density at radius 2 is 2.18 bits per heavy atom. The molecule has 0 saturated carbocycles. The van der Waals surface area contributed by atoms with Gasteiger partial charge in [-0.3, -0.25) is 10.00 Å². The molecule has 1 aromatic heterocycles. The van der Waals surface area contributed by atoms with E-state index in [0.717, 1.165) is 6.54 Å². The maximum atomic E-state index is 4.06. The zero-order valence-electron chi connectivity index (χ0n) is 9.84. The fourth-order valence-electron chi connectivity index (χ4n) is 2.65. The van der Waals surface area contributed by atoms with Gasteiger partial charge in [-0.2, -0.15) is 5.10 Å². The van der Waals surface area contributed by atoms with Crippen LogP contribution < -0.4 is 0 Å². The van der Waals surface area contributed by atoms with Crippen LogP contribution in [0.4, 0.5) is 0 Å². The van der Waals surface area contributed by atoms with Crippen LogP contribution in [0.1, 0.15) is 30.0 Å². The predicted molar refractivity (Wildman–Crippen MR) is 67.4 cm³/mol. The predicted octanol–water partition coefficient (Wildman–Crippen LogP) is 2.75. The summed E-state index contributed by atoms with van der Waals surface area (Å²) in [6, 6.07) is 11.2. The first-order valence-corrected chi connectivity index (χ1v) is 6.20. The number of benzene rings is 1. The summed E-state index contributed by atoms with van der Waals surface area (Å²) in [5.74, 6) is 0. The summed E-state index contributed by atoms with van der Waals surface area (Å²) >= 11 is 0. The summed E-state index contributed by atoms with van der Waals surface area (Å²) in [7, 11) is 0. The maximum absolute atomic E-state index is 4.06. The van der Waals surface area contributed by atoms with E-state index in [4.69, 9.17) is 0 Å². The largest absolute Gasteiger partial charge is 0.292 e. The highest BCUT2D eigenvalue weighted by molar-refractivity contribution is 5.17. The molecule has 3 rings (SSSR count). The molecule has 1 N–H and O–H groups in total. The highest BCUT2D eigenvalue weighted by Crippen LogP contribution is 2.32. The van der Waals surface area contributed by atoms with Crippen molar-refractivity contribution in [3.05, 3.63) is 53.9 Å². The molecule has 1 aliphatic rings. The van der Waals surface area contributed by atoms with Gasteiger partial charge in [-0.15, -0.1) is 0 Å². The molecule has 1 atom stereocenters. The van der Waals surface area contributed by atoms with Crippen LogP contribution in [0, 0.1) is 0 Å². The number of likely N-dealkylation sites (tertiary alicyclic amines) is 1. The van der Waals surface area contributed by atoms with E-state index in [1.54, 1.807) is 0 Å². The molecule has 3 nitrogen and oxygen atoms in total. The molecule has 1 aromatic carbocycles. The highest BCUT2D eigenvalue weighted by atomic mass is 15.2. The Labute approximate surface area is 101 Å². The van der Waals surface area contributed by atoms with Gasteiger partial charge in [-0.1, -0.05) is 30.3 Å². The van der Waals surface area contributed by atoms with Crippen LogP contribution in [0.2, 0.25) is 0 Å². The fourth-order valence-corrected chi connectivity index (χ4v) is 2.65. The van der Waals surface area contributed by atoms with Gasteiger partial charge < -0.3 is 0 Å². The molecule has 1 aliphatic heterocycles. The third kappa shape index (κ3) is 2.24. The molecule has 0 amide bonds. The molecule has 1 unspecified atom stereocenters. The van der Waals surface area contributed by atoms with Gasteiger partial charge in [0, 0.05) is 24.3 Å². The minimum atomic E-state index is 0.536. The first kappa shape index (κ1) is 10.5. The van der Waals surface area contributed by atoms with Crippen molar-refractivity contribution < 1.29 is 0 Å². The van der Waals surface area contributed by atoms with E-state index in [0.29, 0.717) is 6.04 Å². The van der Waals surface area contributed by atoms with Gasteiger partial charge in [0.2, 0.25) is 0 Å². The molecule has 0 radical (unpaired) electrons. The number of hydrogen-bond donors (Lipinski definition) is 1. The lowest BCUT2D eigenvalue weighted by Gasteiger charge is -2.23. The molecule has 0 aliphatic carbocycles. The first-order valence-electron chi connectivity index (χ1n) is 6.20. The molecule has 2 aromatic rings. The topological polar surface area (TPSA) is 31.9 Å². The minimum absolute atomic E-state index is 0.536. The lowest BCUT2D eigenvalue weighted by molar-refractivity contribution is 0.248. The minimum Gasteiger partial charge on any atom is -0.292 e. The number of nitrogens with one attached hydrogen (secondary N) is 1. The van der Waals surface area contributed by atoms with Crippen molar-refractivity contribution in [3.63, 3.8) is 0 Å². The second-order valence-electron chi connectivity index (χ2n) is 4.65. The average molecular weight is 227 g/mol. The van der Waals surface area contributed by atoms with Gasteiger partial charge in [0.1, 0.15) is 0 Å². The molecular formula is C14H17N3. The Kier molecular flexibility index (Phi) is 2.92. The summed E-state index contributed by atoms with van der Waals surface area (Å²) in [6.07, 6.45) is 6.50. The quantitative estimate of drug-likeness (QED) is 0.874. The lowest BCUT2D eigenvalue weighted by Crippen LogP contribution is -2.22. The van der Waals surface area contributed by atoms with Crippen LogP contribution in [0.3, 0.4) is 0 Å². The third-order valence-electron chi connectivity index (χ3n) is 3.50. The average Bonchev–Trinajstić information content (AvgIpc) is 3.00. The van der Waals surface area contributed by atoms with Crippen molar-refractivity contribution in [2.24, 2.45) is 0 Å². The van der Waals surface area contributed by atoms with Gasteiger partial charge in [0.25, 0.3) is 0 Å². The smallest absolute Gasteiger partial charge is 0.0535 e. The zero-order chi connectivity index (χ0) is 11.5. The molecule has 3 heteroatoms. The fraction of sp³-hybridized carbons (Fsp3) is 0.357. The van der Waals surface area contributed by atoms with Crippen molar-refractivity contribution >= 4 is 0 Å². The van der Waals surface area contributed by atoms with Crippen LogP contribution in [0.5, 0.6) is 0 Å². The van der Waals surface area contributed by atoms with Crippen LogP contribution in [0.25, 0.3) is 0 Å². The van der Waals surface area contributed by atoms with Crippen LogP contribution in [0.15, 0.2) is 42.7 Å². The van der Waals surface area contributed by atoms with E-state index in [2.05, 4.69) is 45.4 Å². The SMILES string of the molecule is c1ccc(CN2CCCC2c2cn[nH]c2)cc1. The number of H-pyrrole nitrogens is 1. The van der Waals surface area contributed by atoms with E-state index in [-0.39, 0.29) is 0 Å². The monoisotopic (exact) mass is 227 g/mol. The van der Waals surface area contributed by atoms with Crippen molar-refractivity contribution in [1.82, 2.24) is 15.1 Å². The number of aromatic nitrogens is 2. The molecule has 2 heterocycles. The summed E-state index contributed by atoms with van der Waals surface area (Å²) in [6.45, 7) is 2.22. The molecule has 0 bridgehead atoms. The molecule has 88 valence electrons. The van der Waals surface area contributed by atoms with Crippen LogP contribution in [-0.4, -0.2) is 21.6 Å². The Balaban J connectivity index is 1.75. The first-order chi connectivity index (χ1) is 8.43. The van der Waals surface area contributed by atoms with E-state index >= 15 is 0 Å². The molecule has 17 heavy (non-hydrogen) atoms. The Morgan fingerprint density at radius 3 is 2.94 bits per heavy atom. The number of hydrogen-bond acceptors (Lipinski definition) is 2. The van der Waals surface area contributed by atoms with Crippen molar-refractivity contribution in [3.8, 4) is 0 Å². The molecule has 1 saturated heterocycles. The van der Waals surface area contributed by atoms with E-state index < -0.39 is 0 Å². The number of aromatic amines is 1. The van der Waals surface area contributed by atoms with Gasteiger partial charge >= 0.3 is 0 Å². The van der Waals surface area contributed by atoms with Crippen LogP contribution in [-0.2, 0) is 6.54 Å². The standard InChI is InChI=1S/C14H17N3/c1-2-5-12(6-3-1)11-17-8-4-7-14(17)13-9-15-16-10-13/h1-3,5-6,9-10,14H,4,7-8,11H2,(H,15,16). The van der Waals surface area contributed by atoms with Gasteiger partial charge in [-0.05, 0) is 24.9 Å². The number of rotatable bonds is 3. The van der Waals surface area contributed by atoms with Crippen LogP contribution >= 0.6 is 0 Å². The van der Waals surface area contributed by atoms with Crippen molar-refractivity contribution in [2.45, 2.75) is 25.4 Å². The van der Waals surface area contributed by atoms with Gasteiger partial charge in [-0.25, -0.2) is 0 Å².